The van der Waals surface area contributed by atoms with Crippen molar-refractivity contribution in [2.24, 2.45) is 11.8 Å². The Morgan fingerprint density at radius 3 is 2.74 bits per heavy atom. The number of hydrogen-bond acceptors (Lipinski definition) is 3. The molecule has 5 heteroatoms. The maximum absolute atomic E-state index is 11.9. The molecule has 0 aromatic heterocycles. The van der Waals surface area contributed by atoms with Gasteiger partial charge in [-0.2, -0.15) is 0 Å². The van der Waals surface area contributed by atoms with Crippen molar-refractivity contribution in [2.45, 2.75) is 46.1 Å². The van der Waals surface area contributed by atoms with E-state index in [1.165, 1.54) is 0 Å². The van der Waals surface area contributed by atoms with Crippen LogP contribution in [0, 0.1) is 11.8 Å². The second-order valence-electron chi connectivity index (χ2n) is 5.88. The van der Waals surface area contributed by atoms with E-state index in [9.17, 15) is 9.59 Å². The first-order valence-electron chi connectivity index (χ1n) is 7.13. The van der Waals surface area contributed by atoms with Crippen LogP contribution < -0.4 is 5.32 Å². The number of nitrogens with zero attached hydrogens (tertiary/aromatic N) is 1. The maximum Gasteiger partial charge on any atom is 0.225 e. The summed E-state index contributed by atoms with van der Waals surface area (Å²) in [5.41, 5.74) is 0. The predicted octanol–water partition coefficient (Wildman–Crippen LogP) is 0.768. The minimum atomic E-state index is -0.327. The van der Waals surface area contributed by atoms with Gasteiger partial charge < -0.3 is 15.3 Å². The first-order valence-corrected chi connectivity index (χ1v) is 7.13. The molecule has 1 aliphatic rings. The van der Waals surface area contributed by atoms with Crippen molar-refractivity contribution in [1.29, 1.82) is 0 Å². The van der Waals surface area contributed by atoms with Crippen LogP contribution in [-0.4, -0.2) is 47.6 Å². The summed E-state index contributed by atoms with van der Waals surface area (Å²) in [4.78, 5) is 25.5. The zero-order valence-electron chi connectivity index (χ0n) is 12.2. The van der Waals surface area contributed by atoms with Crippen LogP contribution in [0.5, 0.6) is 0 Å². The molecular weight excluding hydrogens is 244 g/mol. The SMILES string of the molecule is CC(C)CN1CC(C(=O)NCCCC(C)O)CC1=O. The van der Waals surface area contributed by atoms with Crippen LogP contribution in [0.2, 0.25) is 0 Å². The van der Waals surface area contributed by atoms with Crippen molar-refractivity contribution >= 4 is 11.8 Å². The number of nitrogens with one attached hydrogen (secondary N) is 1. The van der Waals surface area contributed by atoms with Gasteiger partial charge in [0.25, 0.3) is 0 Å². The van der Waals surface area contributed by atoms with Gasteiger partial charge in [0.2, 0.25) is 11.8 Å². The molecule has 5 nitrogen and oxygen atoms in total. The van der Waals surface area contributed by atoms with E-state index in [1.807, 2.05) is 0 Å². The molecule has 0 bridgehead atoms. The fraction of sp³-hybridized carbons (Fsp3) is 0.857. The fourth-order valence-corrected chi connectivity index (χ4v) is 2.32. The summed E-state index contributed by atoms with van der Waals surface area (Å²) in [6, 6.07) is 0. The summed E-state index contributed by atoms with van der Waals surface area (Å²) < 4.78 is 0. The van der Waals surface area contributed by atoms with E-state index in [0.717, 1.165) is 13.0 Å². The van der Waals surface area contributed by atoms with Crippen LogP contribution in [0.15, 0.2) is 0 Å². The Morgan fingerprint density at radius 1 is 1.47 bits per heavy atom. The van der Waals surface area contributed by atoms with Gasteiger partial charge in [0.05, 0.1) is 12.0 Å². The second kappa shape index (κ2) is 7.48. The molecule has 2 amide bonds. The molecule has 1 saturated heterocycles. The van der Waals surface area contributed by atoms with Crippen LogP contribution in [0.25, 0.3) is 0 Å². The van der Waals surface area contributed by atoms with Gasteiger partial charge >= 0.3 is 0 Å². The Labute approximate surface area is 115 Å². The highest BCUT2D eigenvalue weighted by Crippen LogP contribution is 2.19. The predicted molar refractivity (Wildman–Crippen MR) is 73.4 cm³/mol. The van der Waals surface area contributed by atoms with E-state index < -0.39 is 0 Å². The van der Waals surface area contributed by atoms with Crippen LogP contribution in [-0.2, 0) is 9.59 Å². The van der Waals surface area contributed by atoms with Crippen molar-refractivity contribution in [3.8, 4) is 0 Å². The Morgan fingerprint density at radius 2 is 2.16 bits per heavy atom. The van der Waals surface area contributed by atoms with Gasteiger partial charge in [0, 0.05) is 26.1 Å². The minimum Gasteiger partial charge on any atom is -0.393 e. The molecule has 1 aliphatic heterocycles. The molecule has 1 heterocycles. The van der Waals surface area contributed by atoms with Gasteiger partial charge in [-0.1, -0.05) is 13.8 Å². The standard InChI is InChI=1S/C14H26N2O3/c1-10(2)8-16-9-12(7-13(16)18)14(19)15-6-4-5-11(3)17/h10-12,17H,4-9H2,1-3H3,(H,15,19). The van der Waals surface area contributed by atoms with E-state index in [2.05, 4.69) is 19.2 Å². The molecule has 1 fully saturated rings. The number of likely N-dealkylation sites (tertiary alicyclic amines) is 1. The van der Waals surface area contributed by atoms with Crippen molar-refractivity contribution in [3.63, 3.8) is 0 Å². The quantitative estimate of drug-likeness (QED) is 0.671. The number of carbonyl (C=O) groups excluding carboxylic acids is 2. The van der Waals surface area contributed by atoms with Crippen molar-refractivity contribution in [1.82, 2.24) is 10.2 Å². The lowest BCUT2D eigenvalue weighted by molar-refractivity contribution is -0.129. The van der Waals surface area contributed by atoms with Gasteiger partial charge in [0.15, 0.2) is 0 Å². The first-order chi connectivity index (χ1) is 8.90. The number of carbonyl (C=O) groups is 2. The Balaban J connectivity index is 2.29. The van der Waals surface area contributed by atoms with E-state index in [1.54, 1.807) is 11.8 Å². The molecule has 0 radical (unpaired) electrons. The highest BCUT2D eigenvalue weighted by atomic mass is 16.3. The normalized spacial score (nSPS) is 21.0. The lowest BCUT2D eigenvalue weighted by atomic mass is 10.1. The monoisotopic (exact) mass is 270 g/mol. The molecule has 2 atom stereocenters. The van der Waals surface area contributed by atoms with Crippen molar-refractivity contribution in [2.75, 3.05) is 19.6 Å². The van der Waals surface area contributed by atoms with E-state index >= 15 is 0 Å². The third-order valence-corrected chi connectivity index (χ3v) is 3.27. The molecule has 1 rings (SSSR count). The minimum absolute atomic E-state index is 0.0369. The summed E-state index contributed by atoms with van der Waals surface area (Å²) >= 11 is 0. The molecule has 0 saturated carbocycles. The number of aliphatic hydroxyl groups is 1. The molecule has 0 aromatic carbocycles. The highest BCUT2D eigenvalue weighted by molar-refractivity contribution is 5.89. The number of rotatable bonds is 7. The summed E-state index contributed by atoms with van der Waals surface area (Å²) in [5, 5.41) is 12.0. The zero-order chi connectivity index (χ0) is 14.4. The number of aliphatic hydroxyl groups excluding tert-OH is 1. The molecule has 0 spiro atoms. The molecule has 2 N–H and O–H groups in total. The molecule has 2 unspecified atom stereocenters. The molecule has 110 valence electrons. The fourth-order valence-electron chi connectivity index (χ4n) is 2.32. The molecular formula is C14H26N2O3. The highest BCUT2D eigenvalue weighted by Gasteiger charge is 2.34. The Kier molecular flexibility index (Phi) is 6.28. The van der Waals surface area contributed by atoms with Crippen LogP contribution in [0.1, 0.15) is 40.0 Å². The van der Waals surface area contributed by atoms with Crippen LogP contribution >= 0.6 is 0 Å². The van der Waals surface area contributed by atoms with E-state index in [0.29, 0.717) is 31.8 Å². The van der Waals surface area contributed by atoms with Gasteiger partial charge in [-0.3, -0.25) is 9.59 Å². The van der Waals surface area contributed by atoms with Crippen molar-refractivity contribution < 1.29 is 14.7 Å². The number of amides is 2. The third-order valence-electron chi connectivity index (χ3n) is 3.27. The molecule has 0 aliphatic carbocycles. The maximum atomic E-state index is 11.9. The summed E-state index contributed by atoms with van der Waals surface area (Å²) in [6.07, 6.45) is 1.45. The van der Waals surface area contributed by atoms with Crippen molar-refractivity contribution in [3.05, 3.63) is 0 Å². The van der Waals surface area contributed by atoms with E-state index in [-0.39, 0.29) is 23.8 Å². The van der Waals surface area contributed by atoms with E-state index in [4.69, 9.17) is 5.11 Å². The van der Waals surface area contributed by atoms with Gasteiger partial charge in [-0.25, -0.2) is 0 Å². The number of hydrogen-bond donors (Lipinski definition) is 2. The van der Waals surface area contributed by atoms with Gasteiger partial charge in [0.1, 0.15) is 0 Å². The van der Waals surface area contributed by atoms with Gasteiger partial charge in [-0.15, -0.1) is 0 Å². The smallest absolute Gasteiger partial charge is 0.225 e. The molecule has 0 aromatic rings. The molecule has 19 heavy (non-hydrogen) atoms. The lowest BCUT2D eigenvalue weighted by Crippen LogP contribution is -2.34. The largest absolute Gasteiger partial charge is 0.393 e. The zero-order valence-corrected chi connectivity index (χ0v) is 12.2. The summed E-state index contributed by atoms with van der Waals surface area (Å²) in [7, 11) is 0. The third kappa shape index (κ3) is 5.59. The lowest BCUT2D eigenvalue weighted by Gasteiger charge is -2.18. The average Bonchev–Trinajstić information content (AvgIpc) is 2.65. The Bertz CT molecular complexity index is 316. The topological polar surface area (TPSA) is 69.6 Å². The summed E-state index contributed by atoms with van der Waals surface area (Å²) in [6.45, 7) is 7.71. The first kappa shape index (κ1) is 16.0. The van der Waals surface area contributed by atoms with Crippen LogP contribution in [0.4, 0.5) is 0 Å². The van der Waals surface area contributed by atoms with Crippen LogP contribution in [0.3, 0.4) is 0 Å². The summed E-state index contributed by atoms with van der Waals surface area (Å²) in [5.74, 6) is 0.262. The van der Waals surface area contributed by atoms with Gasteiger partial charge in [-0.05, 0) is 25.7 Å². The average molecular weight is 270 g/mol. The Hall–Kier alpha value is -1.10. The second-order valence-corrected chi connectivity index (χ2v) is 5.88.